The van der Waals surface area contributed by atoms with Crippen LogP contribution in [-0.2, 0) is 11.2 Å². The molecule has 0 saturated heterocycles. The number of esters is 1. The molecular weight excluding hydrogens is 198 g/mol. The Bertz CT molecular complexity index is 391. The number of aliphatic hydroxyl groups is 2. The van der Waals surface area contributed by atoms with Crippen molar-refractivity contribution >= 4 is 5.97 Å². The van der Waals surface area contributed by atoms with Gasteiger partial charge in [0.25, 0.3) is 0 Å². The van der Waals surface area contributed by atoms with Gasteiger partial charge in [-0.2, -0.15) is 0 Å². The number of carbonyl (C=O) groups excluding carboxylic acids is 1. The van der Waals surface area contributed by atoms with E-state index in [1.54, 1.807) is 0 Å². The lowest BCUT2D eigenvalue weighted by Crippen LogP contribution is -2.21. The zero-order chi connectivity index (χ0) is 10.8. The first kappa shape index (κ1) is 10.1. The van der Waals surface area contributed by atoms with Crippen LogP contribution in [0.25, 0.3) is 0 Å². The van der Waals surface area contributed by atoms with E-state index in [1.165, 1.54) is 12.4 Å². The van der Waals surface area contributed by atoms with Crippen LogP contribution in [0.1, 0.15) is 27.6 Å². The number of ether oxygens (including phenoxy) is 1. The molecule has 0 saturated carbocycles. The third kappa shape index (κ3) is 1.71. The van der Waals surface area contributed by atoms with Gasteiger partial charge in [-0.15, -0.1) is 0 Å². The third-order valence-electron chi connectivity index (χ3n) is 2.43. The molecule has 80 valence electrons. The molecule has 1 aromatic rings. The van der Waals surface area contributed by atoms with Gasteiger partial charge < -0.3 is 14.9 Å². The fraction of sp³-hybridized carbons (Fsp3) is 0.400. The summed E-state index contributed by atoms with van der Waals surface area (Å²) in [6, 6.07) is 0. The van der Waals surface area contributed by atoms with Gasteiger partial charge in [-0.3, -0.25) is 4.98 Å². The maximum absolute atomic E-state index is 11.3. The number of pyridine rings is 1. The first-order valence-corrected chi connectivity index (χ1v) is 4.67. The zero-order valence-corrected chi connectivity index (χ0v) is 8.01. The van der Waals surface area contributed by atoms with Crippen molar-refractivity contribution in [3.63, 3.8) is 0 Å². The molecule has 0 aromatic carbocycles. The molecule has 0 amide bonds. The Hall–Kier alpha value is -1.46. The largest absolute Gasteiger partial charge is 0.462 e. The van der Waals surface area contributed by atoms with Crippen LogP contribution >= 0.6 is 0 Å². The van der Waals surface area contributed by atoms with Gasteiger partial charge in [0, 0.05) is 24.4 Å². The molecule has 15 heavy (non-hydrogen) atoms. The molecule has 5 heteroatoms. The molecular formula is C10H11NO4. The molecule has 2 N–H and O–H groups in total. The van der Waals surface area contributed by atoms with E-state index in [-0.39, 0.29) is 6.61 Å². The van der Waals surface area contributed by atoms with Gasteiger partial charge in [-0.1, -0.05) is 0 Å². The lowest BCUT2D eigenvalue weighted by molar-refractivity contribution is 0.0473. The van der Waals surface area contributed by atoms with Gasteiger partial charge in [0.1, 0.15) is 6.10 Å². The summed E-state index contributed by atoms with van der Waals surface area (Å²) in [4.78, 5) is 15.2. The lowest BCUT2D eigenvalue weighted by atomic mass is 9.97. The molecule has 0 aliphatic carbocycles. The number of rotatable bonds is 2. The number of carbonyl (C=O) groups is 1. The SMILES string of the molecule is O=C1OCCc2c1cncc2C(O)CO. The summed E-state index contributed by atoms with van der Waals surface area (Å²) < 4.78 is 4.85. The maximum atomic E-state index is 11.3. The fourth-order valence-electron chi connectivity index (χ4n) is 1.67. The van der Waals surface area contributed by atoms with Gasteiger partial charge in [0.05, 0.1) is 18.8 Å². The average Bonchev–Trinajstić information content (AvgIpc) is 2.28. The van der Waals surface area contributed by atoms with Crippen LogP contribution in [0.2, 0.25) is 0 Å². The second-order valence-electron chi connectivity index (χ2n) is 3.34. The highest BCUT2D eigenvalue weighted by Gasteiger charge is 2.23. The first-order valence-electron chi connectivity index (χ1n) is 4.67. The molecule has 0 radical (unpaired) electrons. The van der Waals surface area contributed by atoms with Crippen molar-refractivity contribution < 1.29 is 19.7 Å². The van der Waals surface area contributed by atoms with Gasteiger partial charge in [-0.25, -0.2) is 4.79 Å². The van der Waals surface area contributed by atoms with Crippen molar-refractivity contribution in [2.45, 2.75) is 12.5 Å². The van der Waals surface area contributed by atoms with Gasteiger partial charge in [0.15, 0.2) is 0 Å². The minimum absolute atomic E-state index is 0.307. The quantitative estimate of drug-likeness (QED) is 0.660. The number of hydrogen-bond donors (Lipinski definition) is 2. The molecule has 1 atom stereocenters. The predicted molar refractivity (Wildman–Crippen MR) is 50.3 cm³/mol. The van der Waals surface area contributed by atoms with Crippen molar-refractivity contribution in [3.05, 3.63) is 29.1 Å². The minimum Gasteiger partial charge on any atom is -0.462 e. The minimum atomic E-state index is -0.988. The first-order chi connectivity index (χ1) is 7.24. The molecule has 1 aliphatic rings. The van der Waals surface area contributed by atoms with E-state index in [4.69, 9.17) is 9.84 Å². The highest BCUT2D eigenvalue weighted by Crippen LogP contribution is 2.24. The summed E-state index contributed by atoms with van der Waals surface area (Å²) in [6.45, 7) is -0.0752. The van der Waals surface area contributed by atoms with Crippen molar-refractivity contribution in [2.24, 2.45) is 0 Å². The van der Waals surface area contributed by atoms with E-state index in [0.29, 0.717) is 24.2 Å². The highest BCUT2D eigenvalue weighted by atomic mass is 16.5. The summed E-state index contributed by atoms with van der Waals surface area (Å²) in [5.41, 5.74) is 1.61. The molecule has 0 fully saturated rings. The Morgan fingerprint density at radius 3 is 3.07 bits per heavy atom. The Balaban J connectivity index is 2.49. The maximum Gasteiger partial charge on any atom is 0.340 e. The molecule has 2 heterocycles. The van der Waals surface area contributed by atoms with Crippen molar-refractivity contribution in [3.8, 4) is 0 Å². The molecule has 0 bridgehead atoms. The summed E-state index contributed by atoms with van der Waals surface area (Å²) in [5.74, 6) is -0.421. The smallest absolute Gasteiger partial charge is 0.340 e. The van der Waals surface area contributed by atoms with Crippen LogP contribution in [0.5, 0.6) is 0 Å². The second kappa shape index (κ2) is 3.96. The summed E-state index contributed by atoms with van der Waals surface area (Å²) in [6.07, 6.45) is 2.46. The summed E-state index contributed by atoms with van der Waals surface area (Å²) in [7, 11) is 0. The topological polar surface area (TPSA) is 79.7 Å². The Labute approximate surface area is 86.3 Å². The summed E-state index contributed by atoms with van der Waals surface area (Å²) in [5, 5.41) is 18.4. The fourth-order valence-corrected chi connectivity index (χ4v) is 1.67. The van der Waals surface area contributed by atoms with Gasteiger partial charge in [-0.05, 0) is 5.56 Å². The molecule has 1 aliphatic heterocycles. The Morgan fingerprint density at radius 1 is 1.53 bits per heavy atom. The molecule has 5 nitrogen and oxygen atoms in total. The molecule has 0 spiro atoms. The van der Waals surface area contributed by atoms with E-state index >= 15 is 0 Å². The van der Waals surface area contributed by atoms with Crippen LogP contribution < -0.4 is 0 Å². The Morgan fingerprint density at radius 2 is 2.33 bits per heavy atom. The standard InChI is InChI=1S/C10H11NO4/c12-5-9(13)7-3-11-4-8-6(7)1-2-15-10(8)14/h3-4,9,12-13H,1-2,5H2. The van der Waals surface area contributed by atoms with Crippen LogP contribution in [0.15, 0.2) is 12.4 Å². The normalized spacial score (nSPS) is 16.8. The van der Waals surface area contributed by atoms with Crippen LogP contribution in [0, 0.1) is 0 Å². The van der Waals surface area contributed by atoms with Crippen molar-refractivity contribution in [1.29, 1.82) is 0 Å². The molecule has 1 unspecified atom stereocenters. The van der Waals surface area contributed by atoms with Crippen molar-refractivity contribution in [2.75, 3.05) is 13.2 Å². The second-order valence-corrected chi connectivity index (χ2v) is 3.34. The number of cyclic esters (lactones) is 1. The predicted octanol–water partition coefficient (Wildman–Crippen LogP) is -0.180. The lowest BCUT2D eigenvalue weighted by Gasteiger charge is -2.20. The van der Waals surface area contributed by atoms with E-state index < -0.39 is 12.1 Å². The highest BCUT2D eigenvalue weighted by molar-refractivity contribution is 5.92. The van der Waals surface area contributed by atoms with Crippen molar-refractivity contribution in [1.82, 2.24) is 4.98 Å². The van der Waals surface area contributed by atoms with E-state index in [9.17, 15) is 9.90 Å². The number of aromatic nitrogens is 1. The van der Waals surface area contributed by atoms with Crippen LogP contribution in [0.3, 0.4) is 0 Å². The number of hydrogen-bond acceptors (Lipinski definition) is 5. The van der Waals surface area contributed by atoms with E-state index in [1.807, 2.05) is 0 Å². The third-order valence-corrected chi connectivity index (χ3v) is 2.43. The zero-order valence-electron chi connectivity index (χ0n) is 8.01. The average molecular weight is 209 g/mol. The number of fused-ring (bicyclic) bond motifs is 1. The molecule has 1 aromatic heterocycles. The van der Waals surface area contributed by atoms with E-state index in [2.05, 4.69) is 4.98 Å². The van der Waals surface area contributed by atoms with Gasteiger partial charge in [0.2, 0.25) is 0 Å². The van der Waals surface area contributed by atoms with Crippen LogP contribution in [-0.4, -0.2) is 34.4 Å². The monoisotopic (exact) mass is 209 g/mol. The summed E-state index contributed by atoms with van der Waals surface area (Å²) >= 11 is 0. The van der Waals surface area contributed by atoms with E-state index in [0.717, 1.165) is 5.56 Å². The van der Waals surface area contributed by atoms with Gasteiger partial charge >= 0.3 is 5.97 Å². The Kier molecular flexibility index (Phi) is 2.66. The number of nitrogens with zero attached hydrogens (tertiary/aromatic N) is 1. The van der Waals surface area contributed by atoms with Crippen LogP contribution in [0.4, 0.5) is 0 Å². The number of aliphatic hydroxyl groups excluding tert-OH is 2. The molecule has 2 rings (SSSR count).